The molecule has 0 amide bonds. The lowest BCUT2D eigenvalue weighted by molar-refractivity contribution is 0.278. The fraction of sp³-hybridized carbons (Fsp3) is 0.360. The van der Waals surface area contributed by atoms with Crippen LogP contribution in [0.3, 0.4) is 0 Å². The van der Waals surface area contributed by atoms with E-state index in [1.807, 2.05) is 33.9 Å². The normalized spacial score (nSPS) is 10.3. The molecule has 0 radical (unpaired) electrons. The van der Waals surface area contributed by atoms with Crippen molar-refractivity contribution >= 4 is 21.8 Å². The number of para-hydroxylation sites is 1. The molecule has 0 unspecified atom stereocenters. The molecule has 2 aromatic carbocycles. The molecule has 2 heterocycles. The summed E-state index contributed by atoms with van der Waals surface area (Å²) in [7, 11) is 1.71. The number of aliphatic hydroxyl groups is 1. The lowest BCUT2D eigenvalue weighted by Crippen LogP contribution is -2.05. The van der Waals surface area contributed by atoms with Gasteiger partial charge >= 0.3 is 0 Å². The highest BCUT2D eigenvalue weighted by Gasteiger charge is 2.21. The summed E-state index contributed by atoms with van der Waals surface area (Å²) in [6.07, 6.45) is 1.97. The van der Waals surface area contributed by atoms with Crippen molar-refractivity contribution in [3.05, 3.63) is 53.7 Å². The van der Waals surface area contributed by atoms with E-state index in [-0.39, 0.29) is 6.61 Å². The first kappa shape index (κ1) is 22.6. The second-order valence-electron chi connectivity index (χ2n) is 6.41. The van der Waals surface area contributed by atoms with Gasteiger partial charge in [0.1, 0.15) is 5.75 Å². The third-order valence-electron chi connectivity index (χ3n) is 5.00. The second-order valence-corrected chi connectivity index (χ2v) is 6.41. The Balaban J connectivity index is 0.000000707. The smallest absolute Gasteiger partial charge is 0.146 e. The SMILES string of the molecule is CC.CC.COc1c(C)ccc2c(C)c(-c3cccc4cc[nH]c34)n(CCO)c12. The molecular weight excluding hydrogens is 360 g/mol. The first-order valence-electron chi connectivity index (χ1n) is 10.5. The quantitative estimate of drug-likeness (QED) is 0.417. The van der Waals surface area contributed by atoms with Gasteiger partial charge in [-0.1, -0.05) is 58.0 Å². The number of methoxy groups -OCH3 is 1. The first-order chi connectivity index (χ1) is 14.2. The molecule has 0 bridgehead atoms. The van der Waals surface area contributed by atoms with Crippen LogP contribution >= 0.6 is 0 Å². The highest BCUT2D eigenvalue weighted by atomic mass is 16.5. The van der Waals surface area contributed by atoms with E-state index in [1.54, 1.807) is 7.11 Å². The molecule has 4 nitrogen and oxygen atoms in total. The second kappa shape index (κ2) is 10.2. The zero-order valence-electron chi connectivity index (χ0n) is 18.8. The molecule has 0 saturated heterocycles. The Morgan fingerprint density at radius 3 is 2.38 bits per heavy atom. The van der Waals surface area contributed by atoms with E-state index in [1.165, 1.54) is 10.9 Å². The molecule has 4 aromatic rings. The average molecular weight is 395 g/mol. The monoisotopic (exact) mass is 394 g/mol. The van der Waals surface area contributed by atoms with Crippen molar-refractivity contribution < 1.29 is 9.84 Å². The number of aromatic nitrogens is 2. The van der Waals surface area contributed by atoms with Crippen LogP contribution in [0.25, 0.3) is 33.1 Å². The van der Waals surface area contributed by atoms with Crippen molar-refractivity contribution in [3.8, 4) is 17.0 Å². The summed E-state index contributed by atoms with van der Waals surface area (Å²) in [5.74, 6) is 0.874. The lowest BCUT2D eigenvalue weighted by atomic mass is 10.0. The maximum Gasteiger partial charge on any atom is 0.146 e. The van der Waals surface area contributed by atoms with Gasteiger partial charge in [-0.2, -0.15) is 0 Å². The van der Waals surface area contributed by atoms with Crippen LogP contribution in [0.2, 0.25) is 0 Å². The number of nitrogens with zero attached hydrogens (tertiary/aromatic N) is 1. The van der Waals surface area contributed by atoms with E-state index in [9.17, 15) is 5.11 Å². The van der Waals surface area contributed by atoms with Crippen LogP contribution in [0.1, 0.15) is 38.8 Å². The van der Waals surface area contributed by atoms with E-state index >= 15 is 0 Å². The Kier molecular flexibility index (Phi) is 7.91. The Hall–Kier alpha value is -2.72. The highest BCUT2D eigenvalue weighted by molar-refractivity contribution is 6.01. The molecule has 0 fully saturated rings. The van der Waals surface area contributed by atoms with E-state index in [2.05, 4.69) is 59.8 Å². The minimum Gasteiger partial charge on any atom is -0.494 e. The minimum atomic E-state index is 0.0774. The van der Waals surface area contributed by atoms with Crippen LogP contribution in [0.4, 0.5) is 0 Å². The molecule has 156 valence electrons. The summed E-state index contributed by atoms with van der Waals surface area (Å²) in [5.41, 5.74) is 6.72. The maximum atomic E-state index is 9.70. The minimum absolute atomic E-state index is 0.0774. The van der Waals surface area contributed by atoms with E-state index in [0.29, 0.717) is 6.54 Å². The van der Waals surface area contributed by atoms with Crippen molar-refractivity contribution in [2.75, 3.05) is 13.7 Å². The third-order valence-corrected chi connectivity index (χ3v) is 5.00. The van der Waals surface area contributed by atoms with Crippen LogP contribution in [-0.2, 0) is 6.54 Å². The molecule has 0 aliphatic carbocycles. The van der Waals surface area contributed by atoms with E-state index < -0.39 is 0 Å². The van der Waals surface area contributed by atoms with Gasteiger partial charge in [-0.25, -0.2) is 0 Å². The van der Waals surface area contributed by atoms with Gasteiger partial charge in [0.15, 0.2) is 0 Å². The molecule has 0 spiro atoms. The van der Waals surface area contributed by atoms with Crippen LogP contribution in [-0.4, -0.2) is 28.4 Å². The van der Waals surface area contributed by atoms with Crippen LogP contribution in [0.5, 0.6) is 5.75 Å². The number of fused-ring (bicyclic) bond motifs is 2. The zero-order chi connectivity index (χ0) is 21.6. The predicted octanol–water partition coefficient (Wildman–Crippen LogP) is 6.46. The number of aliphatic hydroxyl groups excluding tert-OH is 1. The van der Waals surface area contributed by atoms with Gasteiger partial charge in [0, 0.05) is 29.1 Å². The number of aromatic amines is 1. The summed E-state index contributed by atoms with van der Waals surface area (Å²) in [6.45, 7) is 12.8. The number of rotatable bonds is 4. The maximum absolute atomic E-state index is 9.70. The van der Waals surface area contributed by atoms with Gasteiger partial charge in [0.2, 0.25) is 0 Å². The van der Waals surface area contributed by atoms with Gasteiger partial charge in [0.05, 0.1) is 30.4 Å². The lowest BCUT2D eigenvalue weighted by Gasteiger charge is -2.14. The molecule has 4 heteroatoms. The van der Waals surface area contributed by atoms with Crippen LogP contribution in [0.15, 0.2) is 42.6 Å². The largest absolute Gasteiger partial charge is 0.494 e. The number of benzene rings is 2. The van der Waals surface area contributed by atoms with Gasteiger partial charge < -0.3 is 19.4 Å². The van der Waals surface area contributed by atoms with Gasteiger partial charge in [0.25, 0.3) is 0 Å². The van der Waals surface area contributed by atoms with Crippen molar-refractivity contribution in [1.29, 1.82) is 0 Å². The summed E-state index contributed by atoms with van der Waals surface area (Å²) < 4.78 is 7.90. The van der Waals surface area contributed by atoms with Crippen molar-refractivity contribution in [1.82, 2.24) is 9.55 Å². The standard InChI is InChI=1S/C21H22N2O2.2C2H6/c1-13-7-8-16-14(2)19(23(11-12-24)20(16)21(13)25-3)17-6-4-5-15-9-10-22-18(15)17;2*1-2/h4-10,22,24H,11-12H2,1-3H3;2*1-2H3. The number of hydrogen-bond donors (Lipinski definition) is 2. The average Bonchev–Trinajstić information content (AvgIpc) is 3.35. The molecular formula is C25H34N2O2. The number of ether oxygens (including phenoxy) is 1. The molecule has 0 saturated carbocycles. The van der Waals surface area contributed by atoms with Crippen molar-refractivity contribution in [3.63, 3.8) is 0 Å². The third kappa shape index (κ3) is 3.90. The Bertz CT molecular complexity index is 1070. The number of nitrogens with one attached hydrogen (secondary N) is 1. The molecule has 0 aliphatic heterocycles. The van der Waals surface area contributed by atoms with Crippen LogP contribution < -0.4 is 4.74 Å². The van der Waals surface area contributed by atoms with Crippen molar-refractivity contribution in [2.45, 2.75) is 48.1 Å². The Morgan fingerprint density at radius 1 is 1.00 bits per heavy atom. The topological polar surface area (TPSA) is 50.2 Å². The summed E-state index contributed by atoms with van der Waals surface area (Å²) in [4.78, 5) is 3.36. The van der Waals surface area contributed by atoms with Crippen LogP contribution in [0, 0.1) is 13.8 Å². The molecule has 2 aromatic heterocycles. The van der Waals surface area contributed by atoms with E-state index in [4.69, 9.17) is 4.74 Å². The Morgan fingerprint density at radius 2 is 1.72 bits per heavy atom. The number of aryl methyl sites for hydroxylation is 2. The zero-order valence-corrected chi connectivity index (χ0v) is 18.8. The fourth-order valence-electron chi connectivity index (χ4n) is 3.90. The molecule has 2 N–H and O–H groups in total. The summed E-state index contributed by atoms with van der Waals surface area (Å²) >= 11 is 0. The molecule has 29 heavy (non-hydrogen) atoms. The van der Waals surface area contributed by atoms with Gasteiger partial charge in [-0.15, -0.1) is 0 Å². The molecule has 0 aliphatic rings. The summed E-state index contributed by atoms with van der Waals surface area (Å²) in [6, 6.07) is 12.6. The molecule has 4 rings (SSSR count). The van der Waals surface area contributed by atoms with E-state index in [0.717, 1.165) is 39.0 Å². The number of hydrogen-bond acceptors (Lipinski definition) is 2. The van der Waals surface area contributed by atoms with Crippen molar-refractivity contribution in [2.24, 2.45) is 0 Å². The highest BCUT2D eigenvalue weighted by Crippen LogP contribution is 2.40. The number of H-pyrrole nitrogens is 1. The molecule has 0 atom stereocenters. The van der Waals surface area contributed by atoms with Gasteiger partial charge in [-0.3, -0.25) is 0 Å². The predicted molar refractivity (Wildman–Crippen MR) is 125 cm³/mol. The fourth-order valence-corrected chi connectivity index (χ4v) is 3.90. The Labute approximate surface area is 174 Å². The first-order valence-corrected chi connectivity index (χ1v) is 10.5. The van der Waals surface area contributed by atoms with Gasteiger partial charge in [-0.05, 0) is 31.0 Å². The summed E-state index contributed by atoms with van der Waals surface area (Å²) in [5, 5.41) is 12.0.